The van der Waals surface area contributed by atoms with Gasteiger partial charge in [-0.25, -0.2) is 4.98 Å². The Bertz CT molecular complexity index is 2020. The Morgan fingerprint density at radius 1 is 0.514 bits per heavy atom. The molecular weight excluding hydrogens is 430 g/mol. The van der Waals surface area contributed by atoms with Gasteiger partial charge < -0.3 is 8.98 Å². The number of benzene rings is 5. The fourth-order valence-electron chi connectivity index (χ4n) is 5.41. The summed E-state index contributed by atoms with van der Waals surface area (Å²) in [4.78, 5) is 4.57. The van der Waals surface area contributed by atoms with Crippen LogP contribution in [0.5, 0.6) is 0 Å². The highest BCUT2D eigenvalue weighted by atomic mass is 16.3. The summed E-state index contributed by atoms with van der Waals surface area (Å²) >= 11 is 0. The molecule has 35 heavy (non-hydrogen) atoms. The van der Waals surface area contributed by atoms with E-state index in [1.54, 1.807) is 0 Å². The molecule has 8 aromatic rings. The summed E-state index contributed by atoms with van der Waals surface area (Å²) in [5.41, 5.74) is 8.43. The Morgan fingerprint density at radius 3 is 1.80 bits per heavy atom. The third-order valence-electron chi connectivity index (χ3n) is 7.01. The van der Waals surface area contributed by atoms with Crippen molar-refractivity contribution in [3.8, 4) is 11.4 Å². The van der Waals surface area contributed by atoms with Crippen LogP contribution in [0.15, 0.2) is 120 Å². The molecule has 0 unspecified atom stereocenters. The first-order valence-corrected chi connectivity index (χ1v) is 11.7. The average molecular weight is 450 g/mol. The minimum atomic E-state index is 0.882. The first kappa shape index (κ1) is 18.6. The van der Waals surface area contributed by atoms with Gasteiger partial charge in [0.05, 0.1) is 22.1 Å². The zero-order chi connectivity index (χ0) is 22.9. The van der Waals surface area contributed by atoms with Crippen LogP contribution < -0.4 is 0 Å². The van der Waals surface area contributed by atoms with E-state index in [-0.39, 0.29) is 0 Å². The van der Waals surface area contributed by atoms with Gasteiger partial charge in [0.2, 0.25) is 0 Å². The van der Waals surface area contributed by atoms with Gasteiger partial charge in [0.15, 0.2) is 0 Å². The minimum absolute atomic E-state index is 0.882. The molecule has 4 heteroatoms. The Balaban J connectivity index is 1.39. The molecule has 0 amide bonds. The second-order valence-corrected chi connectivity index (χ2v) is 8.94. The van der Waals surface area contributed by atoms with Crippen molar-refractivity contribution in [1.29, 1.82) is 0 Å². The number of imidazole rings is 1. The lowest BCUT2D eigenvalue weighted by atomic mass is 10.1. The maximum absolute atomic E-state index is 6.23. The zero-order valence-electron chi connectivity index (χ0n) is 18.7. The van der Waals surface area contributed by atoms with Crippen LogP contribution in [0.3, 0.4) is 0 Å². The van der Waals surface area contributed by atoms with Gasteiger partial charge in [-0.15, -0.1) is 0 Å². The standard InChI is InChI=1S/C31H19N3O/c1-4-10-27-22(7-1)23-8-2-5-11-28(23)34(27)21-14-16-31-25(18-21)24-17-20(13-15-30(24)35-31)33-19-32-26-9-3-6-12-29(26)33/h1-19H. The molecule has 3 aromatic heterocycles. The van der Waals surface area contributed by atoms with Crippen LogP contribution in [-0.2, 0) is 0 Å². The quantitative estimate of drug-likeness (QED) is 0.268. The Kier molecular flexibility index (Phi) is 3.63. The molecule has 0 spiro atoms. The van der Waals surface area contributed by atoms with Crippen molar-refractivity contribution in [3.63, 3.8) is 0 Å². The largest absolute Gasteiger partial charge is 0.456 e. The second kappa shape index (κ2) is 6.84. The summed E-state index contributed by atoms with van der Waals surface area (Å²) in [6.07, 6.45) is 1.89. The van der Waals surface area contributed by atoms with E-state index in [2.05, 4.69) is 105 Å². The van der Waals surface area contributed by atoms with Crippen LogP contribution in [0.2, 0.25) is 0 Å². The van der Waals surface area contributed by atoms with E-state index in [0.717, 1.165) is 44.3 Å². The highest BCUT2D eigenvalue weighted by Gasteiger charge is 2.15. The van der Waals surface area contributed by atoms with Crippen LogP contribution >= 0.6 is 0 Å². The number of aromatic nitrogens is 3. The first-order chi connectivity index (χ1) is 17.3. The molecule has 5 aromatic carbocycles. The van der Waals surface area contributed by atoms with E-state index in [4.69, 9.17) is 4.42 Å². The molecule has 0 radical (unpaired) electrons. The fraction of sp³-hybridized carbons (Fsp3) is 0. The summed E-state index contributed by atoms with van der Waals surface area (Å²) in [6, 6.07) is 38.2. The predicted molar refractivity (Wildman–Crippen MR) is 143 cm³/mol. The summed E-state index contributed by atoms with van der Waals surface area (Å²) in [6.45, 7) is 0. The van der Waals surface area contributed by atoms with Gasteiger partial charge in [-0.05, 0) is 60.7 Å². The van der Waals surface area contributed by atoms with Gasteiger partial charge >= 0.3 is 0 Å². The molecule has 0 aliphatic rings. The third-order valence-corrected chi connectivity index (χ3v) is 7.01. The number of nitrogens with zero attached hydrogens (tertiary/aromatic N) is 3. The van der Waals surface area contributed by atoms with E-state index in [1.807, 2.05) is 24.5 Å². The normalized spacial score (nSPS) is 12.0. The van der Waals surface area contributed by atoms with Crippen molar-refractivity contribution in [2.24, 2.45) is 0 Å². The SMILES string of the molecule is c1ccc2c(c1)ncn2-c1ccc2oc3ccc(-n4c5ccccc5c5ccccc54)cc3c2c1. The maximum Gasteiger partial charge on any atom is 0.135 e. The summed E-state index contributed by atoms with van der Waals surface area (Å²) in [7, 11) is 0. The van der Waals surface area contributed by atoms with Crippen molar-refractivity contribution in [1.82, 2.24) is 14.1 Å². The smallest absolute Gasteiger partial charge is 0.135 e. The Hall–Kier alpha value is -4.83. The lowest BCUT2D eigenvalue weighted by Crippen LogP contribution is -1.93. The van der Waals surface area contributed by atoms with Crippen molar-refractivity contribution in [3.05, 3.63) is 116 Å². The van der Waals surface area contributed by atoms with Gasteiger partial charge in [0.1, 0.15) is 17.5 Å². The topological polar surface area (TPSA) is 35.9 Å². The molecular formula is C31H19N3O. The van der Waals surface area contributed by atoms with Crippen molar-refractivity contribution in [2.75, 3.05) is 0 Å². The number of para-hydroxylation sites is 4. The molecule has 0 fully saturated rings. The monoisotopic (exact) mass is 449 g/mol. The predicted octanol–water partition coefficient (Wildman–Crippen LogP) is 8.02. The minimum Gasteiger partial charge on any atom is -0.456 e. The van der Waals surface area contributed by atoms with Crippen LogP contribution in [0, 0.1) is 0 Å². The molecule has 164 valence electrons. The lowest BCUT2D eigenvalue weighted by molar-refractivity contribution is 0.669. The van der Waals surface area contributed by atoms with E-state index in [1.165, 1.54) is 21.8 Å². The molecule has 0 aliphatic carbocycles. The van der Waals surface area contributed by atoms with Crippen LogP contribution in [0.4, 0.5) is 0 Å². The number of fused-ring (bicyclic) bond motifs is 7. The van der Waals surface area contributed by atoms with Crippen molar-refractivity contribution < 1.29 is 4.42 Å². The summed E-state index contributed by atoms with van der Waals surface area (Å²) in [5, 5.41) is 4.72. The molecule has 0 N–H and O–H groups in total. The number of hydrogen-bond acceptors (Lipinski definition) is 2. The van der Waals surface area contributed by atoms with E-state index in [0.29, 0.717) is 0 Å². The van der Waals surface area contributed by atoms with E-state index >= 15 is 0 Å². The Labute approximate surface area is 200 Å². The van der Waals surface area contributed by atoms with Crippen LogP contribution in [0.1, 0.15) is 0 Å². The Morgan fingerprint density at radius 2 is 1.09 bits per heavy atom. The third kappa shape index (κ3) is 2.59. The van der Waals surface area contributed by atoms with Gasteiger partial charge in [-0.1, -0.05) is 48.5 Å². The van der Waals surface area contributed by atoms with Gasteiger partial charge in [-0.2, -0.15) is 0 Å². The molecule has 0 atom stereocenters. The first-order valence-electron chi connectivity index (χ1n) is 11.7. The average Bonchev–Trinajstić information content (AvgIpc) is 3.60. The maximum atomic E-state index is 6.23. The number of hydrogen-bond donors (Lipinski definition) is 0. The second-order valence-electron chi connectivity index (χ2n) is 8.94. The van der Waals surface area contributed by atoms with Gasteiger partial charge in [0.25, 0.3) is 0 Å². The lowest BCUT2D eigenvalue weighted by Gasteiger charge is -2.08. The van der Waals surface area contributed by atoms with Crippen LogP contribution in [-0.4, -0.2) is 14.1 Å². The fourth-order valence-corrected chi connectivity index (χ4v) is 5.41. The van der Waals surface area contributed by atoms with Crippen molar-refractivity contribution in [2.45, 2.75) is 0 Å². The molecule has 8 rings (SSSR count). The highest BCUT2D eigenvalue weighted by molar-refractivity contribution is 6.10. The van der Waals surface area contributed by atoms with E-state index in [9.17, 15) is 0 Å². The molecule has 4 nitrogen and oxygen atoms in total. The molecule has 0 saturated heterocycles. The van der Waals surface area contributed by atoms with Crippen LogP contribution in [0.25, 0.3) is 66.2 Å². The highest BCUT2D eigenvalue weighted by Crippen LogP contribution is 2.36. The zero-order valence-corrected chi connectivity index (χ0v) is 18.7. The van der Waals surface area contributed by atoms with Gasteiger partial charge in [-0.3, -0.25) is 4.57 Å². The summed E-state index contributed by atoms with van der Waals surface area (Å²) in [5.74, 6) is 0. The molecule has 3 heterocycles. The van der Waals surface area contributed by atoms with Gasteiger partial charge in [0, 0.05) is 32.9 Å². The van der Waals surface area contributed by atoms with E-state index < -0.39 is 0 Å². The number of rotatable bonds is 2. The summed E-state index contributed by atoms with van der Waals surface area (Å²) < 4.78 is 10.7. The molecule has 0 saturated carbocycles. The van der Waals surface area contributed by atoms with Crippen molar-refractivity contribution >= 4 is 54.8 Å². The number of furan rings is 1. The molecule has 0 bridgehead atoms. The molecule has 0 aliphatic heterocycles.